The van der Waals surface area contributed by atoms with Crippen LogP contribution in [0.4, 0.5) is 5.69 Å². The van der Waals surface area contributed by atoms with E-state index >= 15 is 0 Å². The Balaban J connectivity index is 2.99. The van der Waals surface area contributed by atoms with Gasteiger partial charge in [-0.05, 0) is 18.2 Å². The topological polar surface area (TPSA) is 63.3 Å². The highest BCUT2D eigenvalue weighted by Gasteiger charge is 2.07. The summed E-state index contributed by atoms with van der Waals surface area (Å²) < 4.78 is 0. The van der Waals surface area contributed by atoms with Crippen LogP contribution in [0.5, 0.6) is 0 Å². The van der Waals surface area contributed by atoms with E-state index in [0.29, 0.717) is 17.9 Å². The van der Waals surface area contributed by atoms with Crippen molar-refractivity contribution < 1.29 is 9.90 Å². The molecule has 0 spiro atoms. The van der Waals surface area contributed by atoms with Crippen molar-refractivity contribution >= 4 is 23.3 Å². The normalized spacial score (nSPS) is 9.13. The van der Waals surface area contributed by atoms with Gasteiger partial charge in [0.1, 0.15) is 0 Å². The fraction of sp³-hybridized carbons (Fsp3) is 0.182. The fourth-order valence-corrected chi connectivity index (χ4v) is 1.13. The first kappa shape index (κ1) is 11.4. The Kier molecular flexibility index (Phi) is 4.02. The standard InChI is InChI=1S/C11H10ClNO2/c12-6-2-1-3-8-4-5-10(13)9(7-8)11(14)15/h4-5,7H,2,6,13H2,(H,14,15). The fourth-order valence-electron chi connectivity index (χ4n) is 1.03. The number of benzene rings is 1. The number of nitrogen functional groups attached to an aromatic ring is 1. The predicted octanol–water partition coefficient (Wildman–Crippen LogP) is 1.95. The van der Waals surface area contributed by atoms with E-state index in [1.54, 1.807) is 6.07 Å². The first-order valence-electron chi connectivity index (χ1n) is 4.33. The van der Waals surface area contributed by atoms with Gasteiger partial charge in [-0.1, -0.05) is 11.8 Å². The van der Waals surface area contributed by atoms with E-state index in [2.05, 4.69) is 11.8 Å². The molecule has 1 aromatic carbocycles. The van der Waals surface area contributed by atoms with Gasteiger partial charge in [-0.15, -0.1) is 11.6 Å². The van der Waals surface area contributed by atoms with Gasteiger partial charge in [0.25, 0.3) is 0 Å². The molecule has 0 aliphatic rings. The molecular weight excluding hydrogens is 214 g/mol. The lowest BCUT2D eigenvalue weighted by molar-refractivity contribution is 0.0698. The van der Waals surface area contributed by atoms with E-state index in [-0.39, 0.29) is 11.3 Å². The lowest BCUT2D eigenvalue weighted by Crippen LogP contribution is -2.02. The number of carboxylic acids is 1. The van der Waals surface area contributed by atoms with Gasteiger partial charge in [0.15, 0.2) is 0 Å². The smallest absolute Gasteiger partial charge is 0.337 e. The average Bonchev–Trinajstić information content (AvgIpc) is 2.20. The van der Waals surface area contributed by atoms with Gasteiger partial charge in [-0.25, -0.2) is 4.79 Å². The molecule has 0 saturated heterocycles. The summed E-state index contributed by atoms with van der Waals surface area (Å²) in [5, 5.41) is 8.81. The third-order valence-electron chi connectivity index (χ3n) is 1.74. The second kappa shape index (κ2) is 5.28. The Morgan fingerprint density at radius 1 is 1.53 bits per heavy atom. The van der Waals surface area contributed by atoms with Crippen LogP contribution < -0.4 is 5.73 Å². The van der Waals surface area contributed by atoms with Crippen LogP contribution in [-0.2, 0) is 0 Å². The SMILES string of the molecule is Nc1ccc(C#CCCCl)cc1C(=O)O. The summed E-state index contributed by atoms with van der Waals surface area (Å²) in [6.45, 7) is 0. The van der Waals surface area contributed by atoms with Gasteiger partial charge in [0.2, 0.25) is 0 Å². The molecular formula is C11H10ClNO2. The van der Waals surface area contributed by atoms with Crippen molar-refractivity contribution in [2.45, 2.75) is 6.42 Å². The Labute approximate surface area is 92.9 Å². The molecule has 0 fully saturated rings. The van der Waals surface area contributed by atoms with E-state index in [9.17, 15) is 4.79 Å². The Morgan fingerprint density at radius 2 is 2.27 bits per heavy atom. The Hall–Kier alpha value is -1.66. The molecule has 0 aliphatic heterocycles. The van der Waals surface area contributed by atoms with Crippen LogP contribution in [0.25, 0.3) is 0 Å². The highest BCUT2D eigenvalue weighted by molar-refractivity contribution is 6.18. The summed E-state index contributed by atoms with van der Waals surface area (Å²) in [4.78, 5) is 10.8. The summed E-state index contributed by atoms with van der Waals surface area (Å²) in [5.41, 5.74) is 6.44. The van der Waals surface area contributed by atoms with Crippen molar-refractivity contribution in [3.8, 4) is 11.8 Å². The van der Waals surface area contributed by atoms with Gasteiger partial charge in [-0.2, -0.15) is 0 Å². The largest absolute Gasteiger partial charge is 0.478 e. The predicted molar refractivity (Wildman–Crippen MR) is 60.0 cm³/mol. The van der Waals surface area contributed by atoms with Gasteiger partial charge in [0.05, 0.1) is 5.56 Å². The highest BCUT2D eigenvalue weighted by Crippen LogP contribution is 2.13. The lowest BCUT2D eigenvalue weighted by atomic mass is 10.1. The minimum Gasteiger partial charge on any atom is -0.478 e. The second-order valence-corrected chi connectivity index (χ2v) is 3.23. The molecule has 0 saturated carbocycles. The van der Waals surface area contributed by atoms with E-state index in [1.165, 1.54) is 12.1 Å². The molecule has 0 aliphatic carbocycles. The first-order chi connectivity index (χ1) is 7.15. The maximum absolute atomic E-state index is 10.8. The zero-order valence-corrected chi connectivity index (χ0v) is 8.71. The molecule has 0 heterocycles. The van der Waals surface area contributed by atoms with Crippen molar-refractivity contribution in [1.82, 2.24) is 0 Å². The van der Waals surface area contributed by atoms with Gasteiger partial charge < -0.3 is 10.8 Å². The number of aromatic carboxylic acids is 1. The van der Waals surface area contributed by atoms with E-state index in [0.717, 1.165) is 0 Å². The summed E-state index contributed by atoms with van der Waals surface area (Å²) in [6, 6.07) is 4.68. The quantitative estimate of drug-likeness (QED) is 0.458. The maximum Gasteiger partial charge on any atom is 0.337 e. The Morgan fingerprint density at radius 3 is 2.87 bits per heavy atom. The van der Waals surface area contributed by atoms with Crippen molar-refractivity contribution in [1.29, 1.82) is 0 Å². The van der Waals surface area contributed by atoms with Gasteiger partial charge in [0, 0.05) is 23.6 Å². The summed E-state index contributed by atoms with van der Waals surface area (Å²) >= 11 is 5.46. The molecule has 15 heavy (non-hydrogen) atoms. The minimum atomic E-state index is -1.05. The lowest BCUT2D eigenvalue weighted by Gasteiger charge is -2.00. The molecule has 1 rings (SSSR count). The van der Waals surface area contributed by atoms with Crippen LogP contribution in [0.15, 0.2) is 18.2 Å². The molecule has 3 N–H and O–H groups in total. The maximum atomic E-state index is 10.8. The zero-order chi connectivity index (χ0) is 11.3. The minimum absolute atomic E-state index is 0.0765. The van der Waals surface area contributed by atoms with E-state index < -0.39 is 5.97 Å². The molecule has 0 aromatic heterocycles. The third-order valence-corrected chi connectivity index (χ3v) is 1.92. The molecule has 0 atom stereocenters. The summed E-state index contributed by atoms with van der Waals surface area (Å²) in [6.07, 6.45) is 0.578. The third kappa shape index (κ3) is 3.19. The van der Waals surface area contributed by atoms with E-state index in [4.69, 9.17) is 22.4 Å². The number of halogens is 1. The monoisotopic (exact) mass is 223 g/mol. The van der Waals surface area contributed by atoms with Crippen LogP contribution >= 0.6 is 11.6 Å². The highest BCUT2D eigenvalue weighted by atomic mass is 35.5. The van der Waals surface area contributed by atoms with E-state index in [1.807, 2.05) is 0 Å². The number of hydrogen-bond donors (Lipinski definition) is 2. The van der Waals surface area contributed by atoms with Crippen molar-refractivity contribution in [3.63, 3.8) is 0 Å². The summed E-state index contributed by atoms with van der Waals surface area (Å²) in [7, 11) is 0. The molecule has 0 unspecified atom stereocenters. The van der Waals surface area contributed by atoms with Gasteiger partial charge in [-0.3, -0.25) is 0 Å². The number of rotatable bonds is 2. The Bertz CT molecular complexity index is 432. The number of carboxylic acid groups (broad SMARTS) is 1. The zero-order valence-electron chi connectivity index (χ0n) is 7.96. The van der Waals surface area contributed by atoms with Crippen LogP contribution in [0, 0.1) is 11.8 Å². The molecule has 0 amide bonds. The van der Waals surface area contributed by atoms with Crippen LogP contribution in [0.2, 0.25) is 0 Å². The number of alkyl halides is 1. The molecule has 4 heteroatoms. The second-order valence-electron chi connectivity index (χ2n) is 2.85. The van der Waals surface area contributed by atoms with Crippen molar-refractivity contribution in [3.05, 3.63) is 29.3 Å². The molecule has 78 valence electrons. The number of hydrogen-bond acceptors (Lipinski definition) is 2. The van der Waals surface area contributed by atoms with Gasteiger partial charge >= 0.3 is 5.97 Å². The average molecular weight is 224 g/mol. The molecule has 0 bridgehead atoms. The van der Waals surface area contributed by atoms with Crippen molar-refractivity contribution in [2.75, 3.05) is 11.6 Å². The van der Waals surface area contributed by atoms with Crippen LogP contribution in [0.1, 0.15) is 22.3 Å². The number of anilines is 1. The molecule has 3 nitrogen and oxygen atoms in total. The first-order valence-corrected chi connectivity index (χ1v) is 4.86. The van der Waals surface area contributed by atoms with Crippen LogP contribution in [0.3, 0.4) is 0 Å². The van der Waals surface area contributed by atoms with Crippen molar-refractivity contribution in [2.24, 2.45) is 0 Å². The number of carbonyl (C=O) groups is 1. The molecule has 0 radical (unpaired) electrons. The number of nitrogens with two attached hydrogens (primary N) is 1. The van der Waals surface area contributed by atoms with Crippen LogP contribution in [-0.4, -0.2) is 17.0 Å². The molecule has 1 aromatic rings. The summed E-state index contributed by atoms with van der Waals surface area (Å²) in [5.74, 6) is 5.05.